The summed E-state index contributed by atoms with van der Waals surface area (Å²) in [4.78, 5) is 19.3. The SMILES string of the molecule is NC(=O)c1nc(C2Cc3ccccc3O2)cnc1N. The number of aromatic nitrogens is 2. The molecule has 1 amide bonds. The molecule has 0 aliphatic carbocycles. The number of fused-ring (bicyclic) bond motifs is 1. The van der Waals surface area contributed by atoms with Crippen molar-refractivity contribution in [3.05, 3.63) is 47.4 Å². The Bertz CT molecular complexity index is 632. The zero-order valence-electron chi connectivity index (χ0n) is 10.0. The third-order valence-corrected chi connectivity index (χ3v) is 3.03. The van der Waals surface area contributed by atoms with Gasteiger partial charge in [-0.15, -0.1) is 0 Å². The van der Waals surface area contributed by atoms with Gasteiger partial charge in [0.1, 0.15) is 17.5 Å². The number of hydrogen-bond donors (Lipinski definition) is 2. The first-order valence-corrected chi connectivity index (χ1v) is 5.82. The fourth-order valence-electron chi connectivity index (χ4n) is 2.10. The van der Waals surface area contributed by atoms with Crippen molar-refractivity contribution >= 4 is 11.7 Å². The lowest BCUT2D eigenvalue weighted by molar-refractivity contribution is 0.0995. The van der Waals surface area contributed by atoms with Crippen molar-refractivity contribution in [1.82, 2.24) is 9.97 Å². The van der Waals surface area contributed by atoms with Gasteiger partial charge in [0.2, 0.25) is 0 Å². The monoisotopic (exact) mass is 256 g/mol. The number of primary amides is 1. The van der Waals surface area contributed by atoms with Gasteiger partial charge in [0.25, 0.3) is 5.91 Å². The van der Waals surface area contributed by atoms with Crippen LogP contribution in [0.25, 0.3) is 0 Å². The molecule has 1 atom stereocenters. The Morgan fingerprint density at radius 2 is 2.16 bits per heavy atom. The molecule has 6 heteroatoms. The van der Waals surface area contributed by atoms with Gasteiger partial charge < -0.3 is 16.2 Å². The van der Waals surface area contributed by atoms with E-state index >= 15 is 0 Å². The van der Waals surface area contributed by atoms with E-state index in [0.717, 1.165) is 11.3 Å². The summed E-state index contributed by atoms with van der Waals surface area (Å²) >= 11 is 0. The van der Waals surface area contributed by atoms with Crippen LogP contribution < -0.4 is 16.2 Å². The smallest absolute Gasteiger partial charge is 0.271 e. The number of rotatable bonds is 2. The Hall–Kier alpha value is -2.63. The summed E-state index contributed by atoms with van der Waals surface area (Å²) in [5.74, 6) is 0.167. The lowest BCUT2D eigenvalue weighted by Gasteiger charge is -2.11. The van der Waals surface area contributed by atoms with E-state index in [1.165, 1.54) is 6.20 Å². The van der Waals surface area contributed by atoms with Crippen molar-refractivity contribution in [3.8, 4) is 5.75 Å². The van der Waals surface area contributed by atoms with Crippen LogP contribution in [0.15, 0.2) is 30.5 Å². The van der Waals surface area contributed by atoms with Gasteiger partial charge in [-0.05, 0) is 11.6 Å². The second-order valence-corrected chi connectivity index (χ2v) is 4.31. The summed E-state index contributed by atoms with van der Waals surface area (Å²) in [7, 11) is 0. The molecule has 0 spiro atoms. The molecule has 0 saturated heterocycles. The minimum absolute atomic E-state index is 0.0166. The molecule has 3 rings (SSSR count). The van der Waals surface area contributed by atoms with Crippen LogP contribution in [0.3, 0.4) is 0 Å². The van der Waals surface area contributed by atoms with Crippen LogP contribution in [-0.2, 0) is 6.42 Å². The molecule has 19 heavy (non-hydrogen) atoms. The molecule has 0 fully saturated rings. The summed E-state index contributed by atoms with van der Waals surface area (Å²) in [6, 6.07) is 7.75. The van der Waals surface area contributed by atoms with E-state index in [4.69, 9.17) is 16.2 Å². The summed E-state index contributed by atoms with van der Waals surface area (Å²) < 4.78 is 5.77. The van der Waals surface area contributed by atoms with Gasteiger partial charge in [0.05, 0.1) is 6.20 Å². The molecule has 1 aliphatic rings. The van der Waals surface area contributed by atoms with Crippen molar-refractivity contribution in [2.75, 3.05) is 5.73 Å². The topological polar surface area (TPSA) is 104 Å². The number of nitrogen functional groups attached to an aromatic ring is 1. The third-order valence-electron chi connectivity index (χ3n) is 3.03. The van der Waals surface area contributed by atoms with E-state index in [1.54, 1.807) is 0 Å². The van der Waals surface area contributed by atoms with Crippen molar-refractivity contribution in [2.24, 2.45) is 5.73 Å². The lowest BCUT2D eigenvalue weighted by atomic mass is 10.1. The second-order valence-electron chi connectivity index (χ2n) is 4.31. The van der Waals surface area contributed by atoms with Gasteiger partial charge >= 0.3 is 0 Å². The standard InChI is InChI=1S/C13H12N4O2/c14-12-11(13(15)18)17-8(6-16-12)10-5-7-3-1-2-4-9(7)19-10/h1-4,6,10H,5H2,(H2,14,16)(H2,15,18). The fourth-order valence-corrected chi connectivity index (χ4v) is 2.10. The van der Waals surface area contributed by atoms with Gasteiger partial charge in [-0.1, -0.05) is 18.2 Å². The van der Waals surface area contributed by atoms with Gasteiger partial charge in [0, 0.05) is 6.42 Å². The first-order valence-electron chi connectivity index (χ1n) is 5.82. The first-order chi connectivity index (χ1) is 9.15. The fraction of sp³-hybridized carbons (Fsp3) is 0.154. The van der Waals surface area contributed by atoms with Gasteiger partial charge in [-0.25, -0.2) is 9.97 Å². The largest absolute Gasteiger partial charge is 0.483 e. The summed E-state index contributed by atoms with van der Waals surface area (Å²) in [5, 5.41) is 0. The molecule has 1 aliphatic heterocycles. The van der Waals surface area contributed by atoms with Crippen molar-refractivity contribution < 1.29 is 9.53 Å². The number of nitrogens with two attached hydrogens (primary N) is 2. The minimum atomic E-state index is -0.692. The highest BCUT2D eigenvalue weighted by molar-refractivity contribution is 5.94. The molecule has 2 heterocycles. The maximum Gasteiger partial charge on any atom is 0.271 e. The Morgan fingerprint density at radius 3 is 2.89 bits per heavy atom. The number of carbonyl (C=O) groups is 1. The number of para-hydroxylation sites is 1. The molecule has 2 aromatic rings. The first kappa shape index (κ1) is 11.5. The number of amides is 1. The maximum atomic E-state index is 11.2. The van der Waals surface area contributed by atoms with Crippen molar-refractivity contribution in [3.63, 3.8) is 0 Å². The Kier molecular flexibility index (Phi) is 2.56. The molecule has 4 N–H and O–H groups in total. The highest BCUT2D eigenvalue weighted by Gasteiger charge is 2.26. The number of benzene rings is 1. The van der Waals surface area contributed by atoms with E-state index in [-0.39, 0.29) is 17.6 Å². The van der Waals surface area contributed by atoms with Gasteiger partial charge in [-0.3, -0.25) is 4.79 Å². The highest BCUT2D eigenvalue weighted by Crippen LogP contribution is 2.35. The molecular weight excluding hydrogens is 244 g/mol. The summed E-state index contributed by atoms with van der Waals surface area (Å²) in [6.07, 6.45) is 1.94. The predicted octanol–water partition coefficient (Wildman–Crippen LogP) is 0.834. The van der Waals surface area contributed by atoms with E-state index in [2.05, 4.69) is 9.97 Å². The summed E-state index contributed by atoms with van der Waals surface area (Å²) in [6.45, 7) is 0. The van der Waals surface area contributed by atoms with Crippen LogP contribution in [0.4, 0.5) is 5.82 Å². The van der Waals surface area contributed by atoms with Crippen LogP contribution >= 0.6 is 0 Å². The predicted molar refractivity (Wildman–Crippen MR) is 68.5 cm³/mol. The van der Waals surface area contributed by atoms with Crippen LogP contribution in [0.1, 0.15) is 27.8 Å². The Balaban J connectivity index is 1.93. The Morgan fingerprint density at radius 1 is 1.37 bits per heavy atom. The van der Waals surface area contributed by atoms with Crippen LogP contribution in [0.5, 0.6) is 5.75 Å². The molecule has 0 saturated carbocycles. The molecule has 1 aromatic heterocycles. The Labute approximate surface area is 109 Å². The lowest BCUT2D eigenvalue weighted by Crippen LogP contribution is -2.19. The van der Waals surface area contributed by atoms with E-state index < -0.39 is 5.91 Å². The molecule has 96 valence electrons. The third kappa shape index (κ3) is 1.97. The van der Waals surface area contributed by atoms with E-state index in [0.29, 0.717) is 12.1 Å². The van der Waals surface area contributed by atoms with Gasteiger partial charge in [0.15, 0.2) is 11.5 Å². The quantitative estimate of drug-likeness (QED) is 0.828. The zero-order chi connectivity index (χ0) is 13.4. The summed E-state index contributed by atoms with van der Waals surface area (Å²) in [5.41, 5.74) is 12.4. The minimum Gasteiger partial charge on any atom is -0.483 e. The second kappa shape index (κ2) is 4.24. The molecule has 6 nitrogen and oxygen atoms in total. The molecule has 0 bridgehead atoms. The van der Waals surface area contributed by atoms with E-state index in [9.17, 15) is 4.79 Å². The zero-order valence-corrected chi connectivity index (χ0v) is 10.0. The molecular formula is C13H12N4O2. The van der Waals surface area contributed by atoms with Crippen molar-refractivity contribution in [2.45, 2.75) is 12.5 Å². The van der Waals surface area contributed by atoms with Crippen LogP contribution in [0.2, 0.25) is 0 Å². The van der Waals surface area contributed by atoms with Gasteiger partial charge in [-0.2, -0.15) is 0 Å². The van der Waals surface area contributed by atoms with E-state index in [1.807, 2.05) is 24.3 Å². The number of hydrogen-bond acceptors (Lipinski definition) is 5. The molecule has 1 unspecified atom stereocenters. The van der Waals surface area contributed by atoms with Crippen molar-refractivity contribution in [1.29, 1.82) is 0 Å². The number of anilines is 1. The molecule has 0 radical (unpaired) electrons. The number of carbonyl (C=O) groups excluding carboxylic acids is 1. The number of nitrogens with zero attached hydrogens (tertiary/aromatic N) is 2. The van der Waals surface area contributed by atoms with Crippen LogP contribution in [-0.4, -0.2) is 15.9 Å². The molecule has 1 aromatic carbocycles. The average Bonchev–Trinajstić information content (AvgIpc) is 2.82. The van der Waals surface area contributed by atoms with Crippen LogP contribution in [0, 0.1) is 0 Å². The number of ether oxygens (including phenoxy) is 1. The normalized spacial score (nSPS) is 16.7. The average molecular weight is 256 g/mol. The maximum absolute atomic E-state index is 11.2. The highest BCUT2D eigenvalue weighted by atomic mass is 16.5.